The second-order valence-electron chi connectivity index (χ2n) is 6.23. The third-order valence-corrected chi connectivity index (χ3v) is 5.79. The van der Waals surface area contributed by atoms with Crippen molar-refractivity contribution in [2.75, 3.05) is 11.1 Å². The predicted octanol–water partition coefficient (Wildman–Crippen LogP) is 3.13. The van der Waals surface area contributed by atoms with Crippen LogP contribution < -0.4 is 5.32 Å². The summed E-state index contributed by atoms with van der Waals surface area (Å²) in [5, 5.41) is 9.91. The lowest BCUT2D eigenvalue weighted by Gasteiger charge is -2.04. The number of nitrogens with one attached hydrogen (secondary N) is 1. The van der Waals surface area contributed by atoms with E-state index in [2.05, 4.69) is 15.5 Å². The Hall–Kier alpha value is -3.14. The summed E-state index contributed by atoms with van der Waals surface area (Å²) < 4.78 is 55.4. The van der Waals surface area contributed by atoms with E-state index in [1.165, 1.54) is 24.3 Å². The van der Waals surface area contributed by atoms with Gasteiger partial charge in [-0.15, -0.1) is 5.10 Å². The Morgan fingerprint density at radius 3 is 2.24 bits per heavy atom. The molecule has 0 fully saturated rings. The average Bonchev–Trinajstić information content (AvgIpc) is 3.10. The highest BCUT2D eigenvalue weighted by Crippen LogP contribution is 2.15. The van der Waals surface area contributed by atoms with Crippen molar-refractivity contribution in [1.82, 2.24) is 10.2 Å². The van der Waals surface area contributed by atoms with Gasteiger partial charge in [0.05, 0.1) is 17.1 Å². The zero-order chi connectivity index (χ0) is 20.9. The maximum absolute atomic E-state index is 12.9. The summed E-state index contributed by atoms with van der Waals surface area (Å²) >= 11 is 0. The molecule has 0 radical (unpaired) electrons. The normalized spacial score (nSPS) is 11.4. The number of amides is 1. The summed E-state index contributed by atoms with van der Waals surface area (Å²) in [7, 11) is -3.60. The fourth-order valence-electron chi connectivity index (χ4n) is 2.52. The molecule has 0 saturated carbocycles. The Balaban J connectivity index is 1.48. The number of nitrogens with zero attached hydrogens (tertiary/aromatic N) is 2. The standard InChI is InChI=1S/C19H17F2N3O4S/c20-14-5-3-13(4-6-14)12-18-23-24-19(28-18)22-17(25)2-1-11-29(26,27)16-9-7-15(21)8-10-16/h3-10H,1-2,11-12H2,(H,22,24,25). The van der Waals surface area contributed by atoms with E-state index in [1.807, 2.05) is 0 Å². The molecule has 0 atom stereocenters. The molecule has 0 aliphatic rings. The molecule has 0 aliphatic heterocycles. The first-order chi connectivity index (χ1) is 13.8. The molecule has 1 aromatic heterocycles. The molecule has 2 aromatic carbocycles. The minimum atomic E-state index is -3.60. The summed E-state index contributed by atoms with van der Waals surface area (Å²) in [4.78, 5) is 12.0. The molecule has 0 spiro atoms. The maximum Gasteiger partial charge on any atom is 0.322 e. The van der Waals surface area contributed by atoms with Gasteiger partial charge in [-0.2, -0.15) is 0 Å². The molecule has 0 saturated heterocycles. The third-order valence-electron chi connectivity index (χ3n) is 3.97. The number of rotatable bonds is 8. The highest BCUT2D eigenvalue weighted by atomic mass is 32.2. The maximum atomic E-state index is 12.9. The van der Waals surface area contributed by atoms with E-state index < -0.39 is 21.6 Å². The molecule has 7 nitrogen and oxygen atoms in total. The number of carbonyl (C=O) groups is 1. The molecule has 29 heavy (non-hydrogen) atoms. The molecule has 0 unspecified atom stereocenters. The minimum absolute atomic E-state index is 0.00152. The number of carbonyl (C=O) groups excluding carboxylic acids is 1. The Labute approximate surface area is 165 Å². The van der Waals surface area contributed by atoms with Gasteiger partial charge < -0.3 is 4.42 Å². The number of halogens is 2. The van der Waals surface area contributed by atoms with Crippen molar-refractivity contribution in [2.24, 2.45) is 0 Å². The molecular weight excluding hydrogens is 404 g/mol. The Morgan fingerprint density at radius 1 is 0.966 bits per heavy atom. The van der Waals surface area contributed by atoms with Crippen LogP contribution >= 0.6 is 0 Å². The number of benzene rings is 2. The van der Waals surface area contributed by atoms with Crippen molar-refractivity contribution >= 4 is 21.8 Å². The van der Waals surface area contributed by atoms with Gasteiger partial charge in [-0.05, 0) is 48.4 Å². The van der Waals surface area contributed by atoms with Crippen LogP contribution in [0.3, 0.4) is 0 Å². The Kier molecular flexibility index (Phi) is 6.32. The van der Waals surface area contributed by atoms with Gasteiger partial charge in [0, 0.05) is 6.42 Å². The lowest BCUT2D eigenvalue weighted by molar-refractivity contribution is -0.116. The lowest BCUT2D eigenvalue weighted by Crippen LogP contribution is -2.14. The van der Waals surface area contributed by atoms with Gasteiger partial charge in [-0.3, -0.25) is 10.1 Å². The second-order valence-corrected chi connectivity index (χ2v) is 8.34. The summed E-state index contributed by atoms with van der Waals surface area (Å²) in [5.41, 5.74) is 0.763. The van der Waals surface area contributed by atoms with Crippen molar-refractivity contribution < 1.29 is 26.4 Å². The number of aromatic nitrogens is 2. The minimum Gasteiger partial charge on any atom is -0.407 e. The summed E-state index contributed by atoms with van der Waals surface area (Å²) in [6.07, 6.45) is 0.275. The van der Waals surface area contributed by atoms with E-state index in [0.29, 0.717) is 0 Å². The molecular formula is C19H17F2N3O4S. The van der Waals surface area contributed by atoms with E-state index in [4.69, 9.17) is 4.42 Å². The van der Waals surface area contributed by atoms with Gasteiger partial charge in [0.2, 0.25) is 11.8 Å². The van der Waals surface area contributed by atoms with E-state index >= 15 is 0 Å². The first kappa shape index (κ1) is 20.6. The first-order valence-electron chi connectivity index (χ1n) is 8.67. The van der Waals surface area contributed by atoms with E-state index in [1.54, 1.807) is 12.1 Å². The highest BCUT2D eigenvalue weighted by Gasteiger charge is 2.16. The third kappa shape index (κ3) is 5.92. The van der Waals surface area contributed by atoms with Crippen LogP contribution in [-0.4, -0.2) is 30.3 Å². The predicted molar refractivity (Wildman–Crippen MR) is 99.8 cm³/mol. The van der Waals surface area contributed by atoms with Gasteiger partial charge in [-0.25, -0.2) is 17.2 Å². The Morgan fingerprint density at radius 2 is 1.59 bits per heavy atom. The van der Waals surface area contributed by atoms with Crippen molar-refractivity contribution in [3.8, 4) is 0 Å². The molecule has 0 bridgehead atoms. The fourth-order valence-corrected chi connectivity index (χ4v) is 3.83. The topological polar surface area (TPSA) is 102 Å². The van der Waals surface area contributed by atoms with E-state index in [9.17, 15) is 22.0 Å². The van der Waals surface area contributed by atoms with Crippen LogP contribution in [0.15, 0.2) is 57.8 Å². The monoisotopic (exact) mass is 421 g/mol. The van der Waals surface area contributed by atoms with Crippen LogP contribution in [0, 0.1) is 11.6 Å². The number of anilines is 1. The van der Waals surface area contributed by atoms with Gasteiger partial charge in [0.15, 0.2) is 9.84 Å². The van der Waals surface area contributed by atoms with Crippen LogP contribution in [0.1, 0.15) is 24.3 Å². The molecule has 0 aliphatic carbocycles. The number of hydrogen-bond donors (Lipinski definition) is 1. The van der Waals surface area contributed by atoms with Crippen LogP contribution in [0.25, 0.3) is 0 Å². The van der Waals surface area contributed by atoms with Gasteiger partial charge >= 0.3 is 6.01 Å². The number of sulfone groups is 1. The fraction of sp³-hybridized carbons (Fsp3) is 0.211. The van der Waals surface area contributed by atoms with Gasteiger partial charge in [0.1, 0.15) is 11.6 Å². The van der Waals surface area contributed by atoms with Crippen LogP contribution in [0.4, 0.5) is 14.8 Å². The van der Waals surface area contributed by atoms with Crippen molar-refractivity contribution in [2.45, 2.75) is 24.2 Å². The molecule has 152 valence electrons. The summed E-state index contributed by atoms with van der Waals surface area (Å²) in [6.45, 7) is 0. The van der Waals surface area contributed by atoms with E-state index in [-0.39, 0.29) is 47.6 Å². The second kappa shape index (κ2) is 8.91. The highest BCUT2D eigenvalue weighted by molar-refractivity contribution is 7.91. The Bertz CT molecular complexity index is 1080. The first-order valence-corrected chi connectivity index (χ1v) is 10.3. The van der Waals surface area contributed by atoms with Crippen LogP contribution in [0.5, 0.6) is 0 Å². The number of hydrogen-bond acceptors (Lipinski definition) is 6. The molecule has 1 amide bonds. The zero-order valence-electron chi connectivity index (χ0n) is 15.1. The quantitative estimate of drug-likeness (QED) is 0.561. The molecule has 10 heteroatoms. The van der Waals surface area contributed by atoms with Crippen molar-refractivity contribution in [3.63, 3.8) is 0 Å². The van der Waals surface area contributed by atoms with Crippen LogP contribution in [0.2, 0.25) is 0 Å². The average molecular weight is 421 g/mol. The summed E-state index contributed by atoms with van der Waals surface area (Å²) in [5.74, 6) is -1.37. The smallest absolute Gasteiger partial charge is 0.322 e. The lowest BCUT2D eigenvalue weighted by atomic mass is 10.1. The molecule has 3 rings (SSSR count). The van der Waals surface area contributed by atoms with Crippen LogP contribution in [-0.2, 0) is 21.1 Å². The van der Waals surface area contributed by atoms with Gasteiger partial charge in [0.25, 0.3) is 0 Å². The van der Waals surface area contributed by atoms with Crippen molar-refractivity contribution in [3.05, 3.63) is 71.6 Å². The largest absolute Gasteiger partial charge is 0.407 e. The van der Waals surface area contributed by atoms with Gasteiger partial charge in [-0.1, -0.05) is 17.2 Å². The molecule has 3 aromatic rings. The molecule has 1 heterocycles. The zero-order valence-corrected chi connectivity index (χ0v) is 16.0. The molecule has 1 N–H and O–H groups in total. The SMILES string of the molecule is O=C(CCCS(=O)(=O)c1ccc(F)cc1)Nc1nnc(Cc2ccc(F)cc2)o1. The van der Waals surface area contributed by atoms with E-state index in [0.717, 1.165) is 17.7 Å². The summed E-state index contributed by atoms with van der Waals surface area (Å²) in [6, 6.07) is 10.2. The van der Waals surface area contributed by atoms with Crippen molar-refractivity contribution in [1.29, 1.82) is 0 Å².